The Hall–Kier alpha value is -0.610. The summed E-state index contributed by atoms with van der Waals surface area (Å²) in [5.41, 5.74) is 0. The Bertz CT molecular complexity index is 235. The van der Waals surface area contributed by atoms with Crippen molar-refractivity contribution in [3.63, 3.8) is 0 Å². The van der Waals surface area contributed by atoms with E-state index in [0.29, 0.717) is 18.7 Å². The van der Waals surface area contributed by atoms with Gasteiger partial charge in [0, 0.05) is 25.2 Å². The summed E-state index contributed by atoms with van der Waals surface area (Å²) >= 11 is 0. The van der Waals surface area contributed by atoms with Crippen LogP contribution in [0.15, 0.2) is 0 Å². The molecule has 2 rings (SSSR count). The number of nitrogens with one attached hydrogen (secondary N) is 1. The summed E-state index contributed by atoms with van der Waals surface area (Å²) in [6, 6.07) is 1.00. The molecule has 4 nitrogen and oxygen atoms in total. The molecule has 92 valence electrons. The Labute approximate surface area is 97.3 Å². The molecule has 1 saturated carbocycles. The topological polar surface area (TPSA) is 41.6 Å². The first-order valence-electron chi connectivity index (χ1n) is 6.42. The van der Waals surface area contributed by atoms with Gasteiger partial charge in [-0.3, -0.25) is 4.79 Å². The van der Waals surface area contributed by atoms with Crippen LogP contribution in [0.5, 0.6) is 0 Å². The van der Waals surface area contributed by atoms with E-state index >= 15 is 0 Å². The van der Waals surface area contributed by atoms with Crippen LogP contribution in [0.25, 0.3) is 0 Å². The lowest BCUT2D eigenvalue weighted by atomic mass is 10.2. The largest absolute Gasteiger partial charge is 0.372 e. The number of amides is 1. The predicted octanol–water partition coefficient (Wildman–Crippen LogP) is 0.766. The summed E-state index contributed by atoms with van der Waals surface area (Å²) in [6.07, 6.45) is 4.78. The van der Waals surface area contributed by atoms with Crippen molar-refractivity contribution in [2.75, 3.05) is 26.3 Å². The molecule has 1 aliphatic heterocycles. The molecule has 0 aromatic carbocycles. The number of hydrogen-bond donors (Lipinski definition) is 1. The van der Waals surface area contributed by atoms with E-state index in [1.54, 1.807) is 0 Å². The molecule has 0 aromatic rings. The first kappa shape index (κ1) is 11.9. The van der Waals surface area contributed by atoms with Crippen molar-refractivity contribution >= 4 is 5.91 Å². The fraction of sp³-hybridized carbons (Fsp3) is 0.917. The molecule has 1 unspecified atom stereocenters. The molecule has 1 aliphatic carbocycles. The monoisotopic (exact) mass is 226 g/mol. The lowest BCUT2D eigenvalue weighted by molar-refractivity contribution is -0.136. The zero-order valence-corrected chi connectivity index (χ0v) is 10.1. The van der Waals surface area contributed by atoms with Crippen molar-refractivity contribution in [3.8, 4) is 0 Å². The molecule has 0 bridgehead atoms. The summed E-state index contributed by atoms with van der Waals surface area (Å²) in [5, 5.41) is 3.45. The fourth-order valence-electron chi connectivity index (χ4n) is 2.26. The molecular formula is C12H22N2O2. The molecule has 0 spiro atoms. The zero-order chi connectivity index (χ0) is 11.4. The fourth-order valence-corrected chi connectivity index (χ4v) is 2.26. The second-order valence-corrected chi connectivity index (χ2v) is 4.71. The van der Waals surface area contributed by atoms with Crippen LogP contribution in [0.1, 0.15) is 32.6 Å². The molecule has 1 heterocycles. The minimum absolute atomic E-state index is 0.165. The van der Waals surface area contributed by atoms with Crippen LogP contribution in [-0.2, 0) is 9.53 Å². The van der Waals surface area contributed by atoms with Crippen molar-refractivity contribution in [3.05, 3.63) is 0 Å². The Balaban J connectivity index is 1.81. The Kier molecular flexibility index (Phi) is 4.18. The molecule has 0 aromatic heterocycles. The molecule has 0 radical (unpaired) electrons. The van der Waals surface area contributed by atoms with E-state index in [4.69, 9.17) is 4.74 Å². The summed E-state index contributed by atoms with van der Waals surface area (Å²) in [5.74, 6) is 0.165. The van der Waals surface area contributed by atoms with Gasteiger partial charge in [0.1, 0.15) is 6.61 Å². The van der Waals surface area contributed by atoms with Crippen LogP contribution in [0.2, 0.25) is 0 Å². The molecule has 16 heavy (non-hydrogen) atoms. The number of ether oxygens (including phenoxy) is 1. The zero-order valence-electron chi connectivity index (χ0n) is 10.1. The van der Waals surface area contributed by atoms with Crippen LogP contribution in [-0.4, -0.2) is 49.2 Å². The first-order chi connectivity index (χ1) is 7.81. The molecule has 1 saturated heterocycles. The van der Waals surface area contributed by atoms with Crippen molar-refractivity contribution in [1.29, 1.82) is 0 Å². The number of carbonyl (C=O) groups is 1. The van der Waals surface area contributed by atoms with Gasteiger partial charge >= 0.3 is 0 Å². The maximum absolute atomic E-state index is 11.9. The van der Waals surface area contributed by atoms with E-state index in [0.717, 1.165) is 13.1 Å². The van der Waals surface area contributed by atoms with E-state index in [2.05, 4.69) is 5.32 Å². The Morgan fingerprint density at radius 1 is 1.44 bits per heavy atom. The van der Waals surface area contributed by atoms with Crippen LogP contribution >= 0.6 is 0 Å². The van der Waals surface area contributed by atoms with Gasteiger partial charge in [0.2, 0.25) is 5.91 Å². The van der Waals surface area contributed by atoms with E-state index in [9.17, 15) is 4.79 Å². The van der Waals surface area contributed by atoms with Gasteiger partial charge in [-0.05, 0) is 39.2 Å². The highest BCUT2D eigenvalue weighted by Crippen LogP contribution is 2.27. The Morgan fingerprint density at radius 2 is 2.25 bits per heavy atom. The summed E-state index contributed by atoms with van der Waals surface area (Å²) in [7, 11) is 0. The average molecular weight is 226 g/mol. The van der Waals surface area contributed by atoms with E-state index in [1.165, 1.54) is 25.7 Å². The van der Waals surface area contributed by atoms with Gasteiger partial charge in [0.15, 0.2) is 0 Å². The third kappa shape index (κ3) is 3.19. The van der Waals surface area contributed by atoms with Crippen LogP contribution in [0.4, 0.5) is 0 Å². The molecule has 1 atom stereocenters. The average Bonchev–Trinajstić information content (AvgIpc) is 3.00. The highest BCUT2D eigenvalue weighted by atomic mass is 16.5. The highest BCUT2D eigenvalue weighted by molar-refractivity contribution is 5.78. The molecule has 1 amide bonds. The molecule has 1 N–H and O–H groups in total. The second-order valence-electron chi connectivity index (χ2n) is 4.71. The normalized spacial score (nSPS) is 24.7. The maximum Gasteiger partial charge on any atom is 0.248 e. The van der Waals surface area contributed by atoms with Crippen LogP contribution in [0.3, 0.4) is 0 Å². The van der Waals surface area contributed by atoms with Crippen molar-refractivity contribution in [1.82, 2.24) is 10.2 Å². The minimum atomic E-state index is 0.165. The summed E-state index contributed by atoms with van der Waals surface area (Å²) < 4.78 is 5.21. The Morgan fingerprint density at radius 3 is 2.81 bits per heavy atom. The first-order valence-corrected chi connectivity index (χ1v) is 6.42. The molecule has 2 aliphatic rings. The maximum atomic E-state index is 11.9. The third-order valence-electron chi connectivity index (χ3n) is 3.32. The second kappa shape index (κ2) is 5.64. The number of hydrogen-bond acceptors (Lipinski definition) is 3. The predicted molar refractivity (Wildman–Crippen MR) is 62.3 cm³/mol. The minimum Gasteiger partial charge on any atom is -0.372 e. The van der Waals surface area contributed by atoms with Crippen molar-refractivity contribution < 1.29 is 9.53 Å². The standard InChI is InChI=1S/C12H22N2O2/c1-2-16-9-12(15)14(11-5-6-11)8-10-4-3-7-13-10/h10-11,13H,2-9H2,1H3. The van der Waals surface area contributed by atoms with Gasteiger partial charge in [0.05, 0.1) is 0 Å². The SMILES string of the molecule is CCOCC(=O)N(CC1CCCN1)C1CC1. The summed E-state index contributed by atoms with van der Waals surface area (Å²) in [4.78, 5) is 14.0. The number of carbonyl (C=O) groups excluding carboxylic acids is 1. The van der Waals surface area contributed by atoms with Gasteiger partial charge in [0.25, 0.3) is 0 Å². The lowest BCUT2D eigenvalue weighted by Crippen LogP contribution is -2.43. The number of rotatable bonds is 6. The molecule has 2 fully saturated rings. The quantitative estimate of drug-likeness (QED) is 0.727. The van der Waals surface area contributed by atoms with Crippen molar-refractivity contribution in [2.45, 2.75) is 44.7 Å². The lowest BCUT2D eigenvalue weighted by Gasteiger charge is -2.25. The number of nitrogens with zero attached hydrogens (tertiary/aromatic N) is 1. The van der Waals surface area contributed by atoms with Gasteiger partial charge in [-0.2, -0.15) is 0 Å². The highest BCUT2D eigenvalue weighted by Gasteiger charge is 2.34. The third-order valence-corrected chi connectivity index (χ3v) is 3.32. The van der Waals surface area contributed by atoms with Gasteiger partial charge < -0.3 is 15.0 Å². The van der Waals surface area contributed by atoms with Gasteiger partial charge in [-0.1, -0.05) is 0 Å². The molecular weight excluding hydrogens is 204 g/mol. The van der Waals surface area contributed by atoms with Gasteiger partial charge in [-0.25, -0.2) is 0 Å². The van der Waals surface area contributed by atoms with E-state index < -0.39 is 0 Å². The molecule has 4 heteroatoms. The van der Waals surface area contributed by atoms with Crippen LogP contribution < -0.4 is 5.32 Å². The van der Waals surface area contributed by atoms with E-state index in [1.807, 2.05) is 11.8 Å². The van der Waals surface area contributed by atoms with Crippen LogP contribution in [0, 0.1) is 0 Å². The summed E-state index contributed by atoms with van der Waals surface area (Å²) in [6.45, 7) is 4.76. The van der Waals surface area contributed by atoms with E-state index in [-0.39, 0.29) is 12.5 Å². The smallest absolute Gasteiger partial charge is 0.248 e. The van der Waals surface area contributed by atoms with Gasteiger partial charge in [-0.15, -0.1) is 0 Å². The van der Waals surface area contributed by atoms with Crippen molar-refractivity contribution in [2.24, 2.45) is 0 Å².